The van der Waals surface area contributed by atoms with E-state index in [1.807, 2.05) is 0 Å². The SMILES string of the molecule is O=[N+]([O-])c1ccc(Cn2cc(-c3ccc(F)cc3F)nc2/C=C/c2ccc(-c3cccc(C(F)(F)F)c3)cc2)cc1. The van der Waals surface area contributed by atoms with Crippen LogP contribution in [0.15, 0.2) is 97.2 Å². The van der Waals surface area contributed by atoms with E-state index in [9.17, 15) is 32.1 Å². The lowest BCUT2D eigenvalue weighted by Crippen LogP contribution is -2.04. The van der Waals surface area contributed by atoms with Crippen LogP contribution in [0.3, 0.4) is 0 Å². The predicted octanol–water partition coefficient (Wildman–Crippen LogP) is 8.64. The molecule has 0 amide bonds. The van der Waals surface area contributed by atoms with Crippen LogP contribution in [0.4, 0.5) is 27.6 Å². The number of nitrogens with zero attached hydrogens (tertiary/aromatic N) is 3. The summed E-state index contributed by atoms with van der Waals surface area (Å²) < 4.78 is 69.0. The molecule has 41 heavy (non-hydrogen) atoms. The van der Waals surface area contributed by atoms with Gasteiger partial charge in [-0.05, 0) is 52.6 Å². The van der Waals surface area contributed by atoms with Crippen molar-refractivity contribution in [3.8, 4) is 22.4 Å². The third kappa shape index (κ3) is 6.38. The summed E-state index contributed by atoms with van der Waals surface area (Å²) in [7, 11) is 0. The third-order valence-electron chi connectivity index (χ3n) is 6.37. The van der Waals surface area contributed by atoms with Crippen molar-refractivity contribution in [2.75, 3.05) is 0 Å². The number of imidazole rings is 1. The Hall–Kier alpha value is -5.12. The highest BCUT2D eigenvalue weighted by molar-refractivity contribution is 5.72. The second-order valence-corrected chi connectivity index (χ2v) is 9.19. The number of aromatic nitrogens is 2. The van der Waals surface area contributed by atoms with Gasteiger partial charge in [0.1, 0.15) is 17.5 Å². The van der Waals surface area contributed by atoms with Crippen LogP contribution in [0.1, 0.15) is 22.5 Å². The molecule has 0 unspecified atom stereocenters. The first-order chi connectivity index (χ1) is 19.6. The van der Waals surface area contributed by atoms with Gasteiger partial charge < -0.3 is 4.57 Å². The number of nitro benzene ring substituents is 1. The van der Waals surface area contributed by atoms with Gasteiger partial charge in [-0.15, -0.1) is 0 Å². The highest BCUT2D eigenvalue weighted by Gasteiger charge is 2.30. The summed E-state index contributed by atoms with van der Waals surface area (Å²) in [6.07, 6.45) is 0.601. The number of hydrogen-bond acceptors (Lipinski definition) is 3. The van der Waals surface area contributed by atoms with Crippen LogP contribution >= 0.6 is 0 Å². The van der Waals surface area contributed by atoms with Crippen molar-refractivity contribution in [2.45, 2.75) is 12.7 Å². The molecule has 0 fully saturated rings. The average Bonchev–Trinajstić information content (AvgIpc) is 3.34. The van der Waals surface area contributed by atoms with Crippen LogP contribution in [0.2, 0.25) is 0 Å². The fourth-order valence-corrected chi connectivity index (χ4v) is 4.27. The molecule has 0 bridgehead atoms. The summed E-state index contributed by atoms with van der Waals surface area (Å²) in [6, 6.07) is 21.2. The molecule has 1 aromatic heterocycles. The summed E-state index contributed by atoms with van der Waals surface area (Å²) in [5.41, 5.74) is 2.11. The Labute approximate surface area is 231 Å². The molecule has 0 atom stereocenters. The van der Waals surface area contributed by atoms with Crippen LogP contribution in [-0.4, -0.2) is 14.5 Å². The lowest BCUT2D eigenvalue weighted by atomic mass is 10.0. The molecule has 5 nitrogen and oxygen atoms in total. The molecule has 5 aromatic rings. The van der Waals surface area contributed by atoms with E-state index < -0.39 is 28.3 Å². The van der Waals surface area contributed by atoms with E-state index in [-0.39, 0.29) is 23.5 Å². The lowest BCUT2D eigenvalue weighted by Gasteiger charge is -2.09. The number of rotatable bonds is 7. The third-order valence-corrected chi connectivity index (χ3v) is 6.37. The van der Waals surface area contributed by atoms with Crippen LogP contribution in [-0.2, 0) is 12.7 Å². The predicted molar refractivity (Wildman–Crippen MR) is 146 cm³/mol. The number of nitro groups is 1. The maximum absolute atomic E-state index is 14.5. The van der Waals surface area contributed by atoms with E-state index in [2.05, 4.69) is 4.98 Å². The van der Waals surface area contributed by atoms with Crippen molar-refractivity contribution >= 4 is 17.8 Å². The summed E-state index contributed by atoms with van der Waals surface area (Å²) in [6.45, 7) is 0.266. The molecule has 1 heterocycles. The van der Waals surface area contributed by atoms with Gasteiger partial charge in [-0.3, -0.25) is 10.1 Å². The summed E-state index contributed by atoms with van der Waals surface area (Å²) in [5, 5.41) is 11.0. The highest BCUT2D eigenvalue weighted by Crippen LogP contribution is 2.32. The molecule has 0 spiro atoms. The minimum Gasteiger partial charge on any atom is -0.326 e. The first-order valence-corrected chi connectivity index (χ1v) is 12.3. The van der Waals surface area contributed by atoms with Gasteiger partial charge in [0.25, 0.3) is 5.69 Å². The van der Waals surface area contributed by atoms with Crippen LogP contribution in [0.5, 0.6) is 0 Å². The molecular weight excluding hydrogens is 541 g/mol. The van der Waals surface area contributed by atoms with Gasteiger partial charge in [-0.2, -0.15) is 13.2 Å². The Balaban J connectivity index is 1.44. The largest absolute Gasteiger partial charge is 0.416 e. The number of halogens is 5. The zero-order valence-electron chi connectivity index (χ0n) is 21.1. The number of hydrogen-bond donors (Lipinski definition) is 0. The fraction of sp³-hybridized carbons (Fsp3) is 0.0645. The quantitative estimate of drug-likeness (QED) is 0.114. The second kappa shape index (κ2) is 11.2. The Morgan fingerprint density at radius 2 is 1.59 bits per heavy atom. The first kappa shape index (κ1) is 27.4. The molecule has 0 aliphatic carbocycles. The zero-order chi connectivity index (χ0) is 29.1. The van der Waals surface area contributed by atoms with Gasteiger partial charge in [0.05, 0.1) is 16.2 Å². The number of benzene rings is 4. The molecule has 0 saturated heterocycles. The molecule has 0 N–H and O–H groups in total. The second-order valence-electron chi connectivity index (χ2n) is 9.19. The highest BCUT2D eigenvalue weighted by atomic mass is 19.4. The van der Waals surface area contributed by atoms with Gasteiger partial charge in [0, 0.05) is 36.5 Å². The topological polar surface area (TPSA) is 61.0 Å². The van der Waals surface area contributed by atoms with Crippen molar-refractivity contribution in [3.05, 3.63) is 141 Å². The van der Waals surface area contributed by atoms with Crippen molar-refractivity contribution in [1.82, 2.24) is 9.55 Å². The number of non-ortho nitro benzene ring substituents is 1. The Kier molecular flexibility index (Phi) is 7.47. The maximum atomic E-state index is 14.5. The van der Waals surface area contributed by atoms with Crippen molar-refractivity contribution in [2.24, 2.45) is 0 Å². The smallest absolute Gasteiger partial charge is 0.326 e. The van der Waals surface area contributed by atoms with Gasteiger partial charge in [-0.1, -0.05) is 54.6 Å². The van der Waals surface area contributed by atoms with Crippen LogP contribution in [0, 0.1) is 21.7 Å². The normalized spacial score (nSPS) is 11.7. The first-order valence-electron chi connectivity index (χ1n) is 12.3. The van der Waals surface area contributed by atoms with Gasteiger partial charge in [0.15, 0.2) is 0 Å². The molecular formula is C31H20F5N3O2. The standard InChI is InChI=1S/C31H20F5N3O2/c32-25-11-14-27(28(33)17-25)29-19-38(18-21-6-12-26(13-7-21)39(40)41)30(37-29)15-8-20-4-9-22(10-5-20)23-2-1-3-24(16-23)31(34,35)36/h1-17,19H,18H2/b15-8+. The summed E-state index contributed by atoms with van der Waals surface area (Å²) in [4.78, 5) is 15.0. The van der Waals surface area contributed by atoms with E-state index in [0.717, 1.165) is 35.4 Å². The van der Waals surface area contributed by atoms with Gasteiger partial charge >= 0.3 is 6.18 Å². The average molecular weight is 562 g/mol. The molecule has 0 radical (unpaired) electrons. The minimum absolute atomic E-state index is 0.0536. The van der Waals surface area contributed by atoms with Crippen molar-refractivity contribution in [3.63, 3.8) is 0 Å². The minimum atomic E-state index is -4.44. The van der Waals surface area contributed by atoms with E-state index in [1.54, 1.807) is 65.4 Å². The molecule has 5 rings (SSSR count). The number of alkyl halides is 3. The molecule has 4 aromatic carbocycles. The summed E-state index contributed by atoms with van der Waals surface area (Å²) >= 11 is 0. The Morgan fingerprint density at radius 3 is 2.24 bits per heavy atom. The van der Waals surface area contributed by atoms with Crippen LogP contribution < -0.4 is 0 Å². The van der Waals surface area contributed by atoms with Gasteiger partial charge in [-0.25, -0.2) is 13.8 Å². The van der Waals surface area contributed by atoms with E-state index in [0.29, 0.717) is 17.0 Å². The zero-order valence-corrected chi connectivity index (χ0v) is 21.1. The van der Waals surface area contributed by atoms with Crippen molar-refractivity contribution in [1.29, 1.82) is 0 Å². The Bertz CT molecular complexity index is 1740. The lowest BCUT2D eigenvalue weighted by molar-refractivity contribution is -0.384. The van der Waals surface area contributed by atoms with Gasteiger partial charge in [0.2, 0.25) is 0 Å². The molecule has 10 heteroatoms. The maximum Gasteiger partial charge on any atom is 0.416 e. The molecule has 0 aliphatic heterocycles. The molecule has 0 aliphatic rings. The van der Waals surface area contributed by atoms with E-state index in [4.69, 9.17) is 0 Å². The Morgan fingerprint density at radius 1 is 0.854 bits per heavy atom. The van der Waals surface area contributed by atoms with E-state index in [1.165, 1.54) is 24.3 Å². The summed E-state index contributed by atoms with van der Waals surface area (Å²) in [5.74, 6) is -1.06. The fourth-order valence-electron chi connectivity index (χ4n) is 4.27. The monoisotopic (exact) mass is 561 g/mol. The molecule has 206 valence electrons. The molecule has 0 saturated carbocycles. The van der Waals surface area contributed by atoms with Crippen LogP contribution in [0.25, 0.3) is 34.5 Å². The van der Waals surface area contributed by atoms with Crippen molar-refractivity contribution < 1.29 is 26.9 Å². The van der Waals surface area contributed by atoms with E-state index >= 15 is 0 Å².